The minimum atomic E-state index is -0.636. The fraction of sp³-hybridized carbons (Fsp3) is 0.235. The monoisotopic (exact) mass is 610 g/mol. The molecule has 3 amide bonds. The van der Waals surface area contributed by atoms with Crippen molar-refractivity contribution in [1.82, 2.24) is 20.5 Å². The van der Waals surface area contributed by atoms with Crippen LogP contribution in [-0.2, 0) is 11.3 Å². The van der Waals surface area contributed by atoms with Gasteiger partial charge in [-0.1, -0.05) is 12.1 Å². The summed E-state index contributed by atoms with van der Waals surface area (Å²) in [5, 5.41) is 5.81. The second kappa shape index (κ2) is 13.0. The largest absolute Gasteiger partial charge is 0.496 e. The summed E-state index contributed by atoms with van der Waals surface area (Å²) in [4.78, 5) is 45.4. The van der Waals surface area contributed by atoms with Crippen LogP contribution < -0.4 is 24.8 Å². The second-order valence-electron chi connectivity index (χ2n) is 10.8. The number of methoxy groups -OCH3 is 1. The van der Waals surface area contributed by atoms with Gasteiger partial charge >= 0.3 is 0 Å². The number of hydrogen-bond donors (Lipinski definition) is 2. The lowest BCUT2D eigenvalue weighted by Gasteiger charge is -2.39. The van der Waals surface area contributed by atoms with Gasteiger partial charge in [0.1, 0.15) is 29.2 Å². The number of ether oxygens (including phenoxy) is 3. The molecule has 3 aromatic carbocycles. The molecule has 0 radical (unpaired) electrons. The number of pyridine rings is 1. The van der Waals surface area contributed by atoms with Crippen LogP contribution in [0.1, 0.15) is 32.7 Å². The highest BCUT2D eigenvalue weighted by Gasteiger charge is 2.35. The molecule has 2 aliphatic heterocycles. The van der Waals surface area contributed by atoms with E-state index >= 15 is 0 Å². The van der Waals surface area contributed by atoms with Crippen molar-refractivity contribution >= 4 is 17.7 Å². The lowest BCUT2D eigenvalue weighted by Crippen LogP contribution is -2.58. The van der Waals surface area contributed by atoms with Crippen molar-refractivity contribution in [2.24, 2.45) is 0 Å². The Bertz CT molecular complexity index is 1730. The summed E-state index contributed by atoms with van der Waals surface area (Å²) in [5.41, 5.74) is 2.65. The topological polar surface area (TPSA) is 119 Å². The minimum Gasteiger partial charge on any atom is -0.496 e. The fourth-order valence-corrected chi connectivity index (χ4v) is 5.51. The van der Waals surface area contributed by atoms with E-state index in [2.05, 4.69) is 15.6 Å². The van der Waals surface area contributed by atoms with Gasteiger partial charge in [-0.3, -0.25) is 19.4 Å². The van der Waals surface area contributed by atoms with Crippen molar-refractivity contribution in [2.75, 3.05) is 26.8 Å². The first kappa shape index (κ1) is 29.6. The molecule has 4 aromatic rings. The third-order valence-corrected chi connectivity index (χ3v) is 7.75. The number of benzene rings is 3. The van der Waals surface area contributed by atoms with Gasteiger partial charge in [-0.25, -0.2) is 4.39 Å². The molecular formula is C34H31FN4O6. The van der Waals surface area contributed by atoms with Gasteiger partial charge in [-0.05, 0) is 65.7 Å². The summed E-state index contributed by atoms with van der Waals surface area (Å²) in [5.74, 6) is -0.288. The fourth-order valence-electron chi connectivity index (χ4n) is 5.51. The van der Waals surface area contributed by atoms with E-state index in [1.54, 1.807) is 72.8 Å². The maximum atomic E-state index is 14.7. The van der Waals surface area contributed by atoms with E-state index < -0.39 is 18.0 Å². The van der Waals surface area contributed by atoms with E-state index in [1.165, 1.54) is 18.3 Å². The number of hydrogen-bond acceptors (Lipinski definition) is 7. The summed E-state index contributed by atoms with van der Waals surface area (Å²) >= 11 is 0. The smallest absolute Gasteiger partial charge is 0.258 e. The summed E-state index contributed by atoms with van der Waals surface area (Å²) in [7, 11) is 1.54. The van der Waals surface area contributed by atoms with Gasteiger partial charge in [0.05, 0.1) is 18.7 Å². The molecular weight excluding hydrogens is 579 g/mol. The number of nitrogens with zero attached hydrogens (tertiary/aromatic N) is 2. The summed E-state index contributed by atoms with van der Waals surface area (Å²) in [6, 6.07) is 19.1. The van der Waals surface area contributed by atoms with Crippen molar-refractivity contribution < 1.29 is 33.0 Å². The van der Waals surface area contributed by atoms with Crippen LogP contribution in [0.15, 0.2) is 85.2 Å². The van der Waals surface area contributed by atoms with E-state index in [4.69, 9.17) is 14.2 Å². The molecule has 1 aromatic heterocycles. The van der Waals surface area contributed by atoms with Gasteiger partial charge in [0.15, 0.2) is 6.61 Å². The number of piperidine rings is 1. The van der Waals surface area contributed by atoms with Crippen LogP contribution in [0.2, 0.25) is 0 Å². The molecule has 2 aliphatic rings. The first-order valence-electron chi connectivity index (χ1n) is 14.5. The molecule has 11 heteroatoms. The molecule has 2 atom stereocenters. The van der Waals surface area contributed by atoms with Gasteiger partial charge in [0.2, 0.25) is 0 Å². The molecule has 2 N–H and O–H groups in total. The Morgan fingerprint density at radius 2 is 1.91 bits per heavy atom. The van der Waals surface area contributed by atoms with Crippen molar-refractivity contribution in [3.63, 3.8) is 0 Å². The Morgan fingerprint density at radius 1 is 1.02 bits per heavy atom. The van der Waals surface area contributed by atoms with E-state index in [9.17, 15) is 18.8 Å². The number of likely N-dealkylation sites (tertiary alicyclic amines) is 1. The second-order valence-corrected chi connectivity index (χ2v) is 10.8. The number of aromatic nitrogens is 1. The van der Waals surface area contributed by atoms with Crippen LogP contribution in [-0.4, -0.2) is 66.6 Å². The number of nitrogens with one attached hydrogen (secondary N) is 2. The van der Waals surface area contributed by atoms with E-state index in [0.717, 1.165) is 5.56 Å². The third kappa shape index (κ3) is 6.87. The average Bonchev–Trinajstić information content (AvgIpc) is 3.06. The van der Waals surface area contributed by atoms with Crippen LogP contribution >= 0.6 is 0 Å². The zero-order valence-electron chi connectivity index (χ0n) is 24.5. The zero-order valence-corrected chi connectivity index (χ0v) is 24.5. The molecule has 1 saturated heterocycles. The predicted octanol–water partition coefficient (Wildman–Crippen LogP) is 4.00. The average molecular weight is 611 g/mol. The maximum absolute atomic E-state index is 14.7. The summed E-state index contributed by atoms with van der Waals surface area (Å²) in [6.45, 7) is 0.314. The zero-order chi connectivity index (χ0) is 31.3. The van der Waals surface area contributed by atoms with Crippen LogP contribution in [0.25, 0.3) is 11.1 Å². The molecule has 0 spiro atoms. The van der Waals surface area contributed by atoms with Gasteiger partial charge in [-0.15, -0.1) is 0 Å². The van der Waals surface area contributed by atoms with Gasteiger partial charge in [-0.2, -0.15) is 0 Å². The van der Waals surface area contributed by atoms with Gasteiger partial charge in [0.25, 0.3) is 17.7 Å². The normalized spacial score (nSPS) is 18.4. The molecule has 45 heavy (non-hydrogen) atoms. The van der Waals surface area contributed by atoms with Crippen molar-refractivity contribution in [1.29, 1.82) is 0 Å². The van der Waals surface area contributed by atoms with Crippen molar-refractivity contribution in [3.05, 3.63) is 108 Å². The standard InChI is InChI=1S/C34H31FN4O6/c1-43-30-8-7-23-15-28(30)22-4-2-6-26(14-22)44-20-32(40)37-17-21-12-25(35)16-27(13-21)45-31-9-11-39(19-29(31)38-33(23)41)34(42)24-5-3-10-36-18-24/h2-8,10,12-16,18,29,31H,9,11,17,19-20H2,1H3,(H,37,40)(H,38,41)/t29-,31-/m1/s1. The molecule has 6 bridgehead atoms. The Labute approximate surface area is 259 Å². The van der Waals surface area contributed by atoms with Crippen molar-refractivity contribution in [2.45, 2.75) is 25.1 Å². The molecule has 0 unspecified atom stereocenters. The predicted molar refractivity (Wildman–Crippen MR) is 163 cm³/mol. The first-order valence-corrected chi connectivity index (χ1v) is 14.5. The maximum Gasteiger partial charge on any atom is 0.258 e. The van der Waals surface area contributed by atoms with Crippen LogP contribution in [0, 0.1) is 5.82 Å². The Balaban J connectivity index is 1.37. The highest BCUT2D eigenvalue weighted by molar-refractivity contribution is 5.97. The number of carbonyl (C=O) groups excluding carboxylic acids is 3. The highest BCUT2D eigenvalue weighted by atomic mass is 19.1. The first-order chi connectivity index (χ1) is 21.9. The summed E-state index contributed by atoms with van der Waals surface area (Å²) in [6.07, 6.45) is 2.88. The molecule has 0 aliphatic carbocycles. The number of fused-ring (bicyclic) bond motifs is 8. The van der Waals surface area contributed by atoms with Crippen LogP contribution in [0.3, 0.4) is 0 Å². The van der Waals surface area contributed by atoms with Gasteiger partial charge in [0, 0.05) is 55.6 Å². The van der Waals surface area contributed by atoms with E-state index in [-0.39, 0.29) is 43.2 Å². The number of halogens is 1. The van der Waals surface area contributed by atoms with Crippen molar-refractivity contribution in [3.8, 4) is 28.4 Å². The van der Waals surface area contributed by atoms with Gasteiger partial charge < -0.3 is 29.7 Å². The minimum absolute atomic E-state index is 0.0532. The van der Waals surface area contributed by atoms with Crippen LogP contribution in [0.5, 0.6) is 17.2 Å². The lowest BCUT2D eigenvalue weighted by atomic mass is 9.98. The molecule has 6 rings (SSSR count). The SMILES string of the molecule is COc1ccc2cc1-c1cccc(c1)OCC(=O)NCc1cc(F)cc(c1)O[C@@H]1CCN(C(=O)c3cccnc3)C[C@H]1NC2=O. The number of carbonyl (C=O) groups is 3. The van der Waals surface area contributed by atoms with Crippen LogP contribution in [0.4, 0.5) is 4.39 Å². The Hall–Kier alpha value is -5.45. The molecule has 1 fully saturated rings. The number of rotatable bonds is 2. The third-order valence-electron chi connectivity index (χ3n) is 7.75. The lowest BCUT2D eigenvalue weighted by molar-refractivity contribution is -0.123. The highest BCUT2D eigenvalue weighted by Crippen LogP contribution is 2.33. The molecule has 3 heterocycles. The molecule has 10 nitrogen and oxygen atoms in total. The molecule has 0 saturated carbocycles. The quantitative estimate of drug-likeness (QED) is 0.352. The number of amides is 3. The van der Waals surface area contributed by atoms with E-state index in [0.29, 0.717) is 46.7 Å². The summed E-state index contributed by atoms with van der Waals surface area (Å²) < 4.78 is 32.3. The Kier molecular flexibility index (Phi) is 8.58. The van der Waals surface area contributed by atoms with E-state index in [1.807, 2.05) is 6.07 Å². The Morgan fingerprint density at radius 3 is 2.73 bits per heavy atom. The molecule has 230 valence electrons.